The van der Waals surface area contributed by atoms with Crippen molar-refractivity contribution >= 4 is 0 Å². The molecule has 0 aromatic carbocycles. The second-order valence-corrected chi connectivity index (χ2v) is 3.81. The zero-order valence-electron chi connectivity index (χ0n) is 7.73. The van der Waals surface area contributed by atoms with Crippen LogP contribution in [0.3, 0.4) is 0 Å². The van der Waals surface area contributed by atoms with Crippen LogP contribution in [0, 0.1) is 0 Å². The van der Waals surface area contributed by atoms with Gasteiger partial charge in [-0.1, -0.05) is 0 Å². The number of nitrogens with zero attached hydrogens (tertiary/aromatic N) is 1. The fourth-order valence-electron chi connectivity index (χ4n) is 0.932. The SMILES string of the molecule is CC([NH])CC(C)(C)N(C)C. The van der Waals surface area contributed by atoms with Crippen molar-refractivity contribution in [3.05, 3.63) is 0 Å². The van der Waals surface area contributed by atoms with Gasteiger partial charge in [0.25, 0.3) is 0 Å². The Morgan fingerprint density at radius 2 is 1.80 bits per heavy atom. The highest BCUT2D eigenvalue weighted by Crippen LogP contribution is 2.16. The van der Waals surface area contributed by atoms with Crippen molar-refractivity contribution in [3.8, 4) is 0 Å². The summed E-state index contributed by atoms with van der Waals surface area (Å²) in [6, 6.07) is 0.0393. The maximum atomic E-state index is 7.40. The molecule has 1 N–H and O–H groups in total. The van der Waals surface area contributed by atoms with Gasteiger partial charge in [0.1, 0.15) is 0 Å². The smallest absolute Gasteiger partial charge is 0.0202 e. The number of hydrogen-bond donors (Lipinski definition) is 0. The van der Waals surface area contributed by atoms with E-state index in [1.54, 1.807) is 0 Å². The fourth-order valence-corrected chi connectivity index (χ4v) is 0.932. The third-order valence-electron chi connectivity index (χ3n) is 2.02. The minimum atomic E-state index is 0.0393. The van der Waals surface area contributed by atoms with Crippen LogP contribution in [-0.2, 0) is 0 Å². The van der Waals surface area contributed by atoms with E-state index in [1.165, 1.54) is 0 Å². The molecule has 0 aromatic rings. The maximum absolute atomic E-state index is 7.40. The normalized spacial score (nSPS) is 15.9. The van der Waals surface area contributed by atoms with Crippen LogP contribution < -0.4 is 5.73 Å². The summed E-state index contributed by atoms with van der Waals surface area (Å²) in [5, 5.41) is 0. The monoisotopic (exact) mass is 143 g/mol. The van der Waals surface area contributed by atoms with E-state index < -0.39 is 0 Å². The summed E-state index contributed by atoms with van der Waals surface area (Å²) < 4.78 is 0. The minimum Gasteiger partial charge on any atom is -0.304 e. The van der Waals surface area contributed by atoms with Gasteiger partial charge in [-0.05, 0) is 41.3 Å². The van der Waals surface area contributed by atoms with Gasteiger partial charge in [-0.3, -0.25) is 5.73 Å². The summed E-state index contributed by atoms with van der Waals surface area (Å²) in [5.74, 6) is 0. The molecule has 61 valence electrons. The van der Waals surface area contributed by atoms with Gasteiger partial charge in [0, 0.05) is 11.6 Å². The Bertz CT molecular complexity index is 95.4. The van der Waals surface area contributed by atoms with Gasteiger partial charge in [0.15, 0.2) is 0 Å². The van der Waals surface area contributed by atoms with Gasteiger partial charge in [-0.2, -0.15) is 0 Å². The predicted molar refractivity (Wildman–Crippen MR) is 44.9 cm³/mol. The first kappa shape index (κ1) is 9.92. The summed E-state index contributed by atoms with van der Waals surface area (Å²) in [7, 11) is 4.12. The molecule has 0 aliphatic heterocycles. The average molecular weight is 143 g/mol. The van der Waals surface area contributed by atoms with E-state index in [9.17, 15) is 0 Å². The summed E-state index contributed by atoms with van der Waals surface area (Å²) in [5.41, 5.74) is 7.57. The zero-order valence-corrected chi connectivity index (χ0v) is 7.73. The Morgan fingerprint density at radius 3 is 1.90 bits per heavy atom. The molecule has 0 amide bonds. The third-order valence-corrected chi connectivity index (χ3v) is 2.02. The topological polar surface area (TPSA) is 27.0 Å². The van der Waals surface area contributed by atoms with E-state index in [4.69, 9.17) is 5.73 Å². The molecule has 2 heteroatoms. The maximum Gasteiger partial charge on any atom is 0.0202 e. The molecule has 1 atom stereocenters. The van der Waals surface area contributed by atoms with Crippen LogP contribution in [0.5, 0.6) is 0 Å². The lowest BCUT2D eigenvalue weighted by Crippen LogP contribution is -2.40. The van der Waals surface area contributed by atoms with Crippen molar-refractivity contribution in [3.63, 3.8) is 0 Å². The highest BCUT2D eigenvalue weighted by molar-refractivity contribution is 4.79. The largest absolute Gasteiger partial charge is 0.304 e. The van der Waals surface area contributed by atoms with Gasteiger partial charge < -0.3 is 4.90 Å². The standard InChI is InChI=1S/C8H19N2/c1-7(9)6-8(2,3)10(4)5/h7,9H,6H2,1-5H3. The molecule has 1 unspecified atom stereocenters. The summed E-state index contributed by atoms with van der Waals surface area (Å²) in [6.45, 7) is 6.27. The molecule has 0 bridgehead atoms. The zero-order chi connectivity index (χ0) is 8.36. The van der Waals surface area contributed by atoms with Crippen molar-refractivity contribution in [2.24, 2.45) is 0 Å². The van der Waals surface area contributed by atoms with Crippen LogP contribution in [0.25, 0.3) is 0 Å². The first-order valence-electron chi connectivity index (χ1n) is 3.75. The molecule has 0 heterocycles. The van der Waals surface area contributed by atoms with Crippen molar-refractivity contribution < 1.29 is 0 Å². The molecule has 0 saturated heterocycles. The number of nitrogens with one attached hydrogen (secondary N) is 1. The molecular formula is C8H19N2. The minimum absolute atomic E-state index is 0.0393. The molecule has 0 saturated carbocycles. The quantitative estimate of drug-likeness (QED) is 0.586. The van der Waals surface area contributed by atoms with Crippen molar-refractivity contribution in [2.75, 3.05) is 14.1 Å². The molecule has 1 radical (unpaired) electrons. The molecule has 10 heavy (non-hydrogen) atoms. The van der Waals surface area contributed by atoms with E-state index in [2.05, 4.69) is 32.8 Å². The number of rotatable bonds is 3. The van der Waals surface area contributed by atoms with Gasteiger partial charge in [0.05, 0.1) is 0 Å². The van der Waals surface area contributed by atoms with E-state index >= 15 is 0 Å². The Balaban J connectivity index is 3.87. The van der Waals surface area contributed by atoms with Crippen LogP contribution in [0.4, 0.5) is 0 Å². The van der Waals surface area contributed by atoms with Crippen LogP contribution in [-0.4, -0.2) is 30.6 Å². The Hall–Kier alpha value is -0.0800. The summed E-state index contributed by atoms with van der Waals surface area (Å²) in [4.78, 5) is 2.16. The highest BCUT2D eigenvalue weighted by Gasteiger charge is 2.21. The van der Waals surface area contributed by atoms with Crippen molar-refractivity contribution in [1.29, 1.82) is 0 Å². The van der Waals surface area contributed by atoms with E-state index in [-0.39, 0.29) is 11.6 Å². The molecule has 0 rings (SSSR count). The Morgan fingerprint density at radius 1 is 1.40 bits per heavy atom. The highest BCUT2D eigenvalue weighted by atomic mass is 15.1. The number of hydrogen-bond acceptors (Lipinski definition) is 1. The van der Waals surface area contributed by atoms with Crippen LogP contribution in [0.1, 0.15) is 27.2 Å². The third kappa shape index (κ3) is 3.18. The van der Waals surface area contributed by atoms with Crippen molar-refractivity contribution in [2.45, 2.75) is 38.8 Å². The molecule has 0 spiro atoms. The molecule has 0 aliphatic rings. The molecule has 2 nitrogen and oxygen atoms in total. The fraction of sp³-hybridized carbons (Fsp3) is 1.00. The van der Waals surface area contributed by atoms with E-state index in [0.29, 0.717) is 0 Å². The lowest BCUT2D eigenvalue weighted by atomic mass is 9.95. The van der Waals surface area contributed by atoms with Crippen LogP contribution in [0.15, 0.2) is 0 Å². The summed E-state index contributed by atoms with van der Waals surface area (Å²) >= 11 is 0. The molecule has 0 fully saturated rings. The Labute approximate surface area is 64.4 Å². The van der Waals surface area contributed by atoms with Gasteiger partial charge >= 0.3 is 0 Å². The van der Waals surface area contributed by atoms with E-state index in [0.717, 1.165) is 6.42 Å². The second kappa shape index (κ2) is 3.35. The first-order valence-corrected chi connectivity index (χ1v) is 3.75. The molecular weight excluding hydrogens is 124 g/mol. The Kier molecular flexibility index (Phi) is 3.33. The van der Waals surface area contributed by atoms with Crippen LogP contribution in [0.2, 0.25) is 0 Å². The van der Waals surface area contributed by atoms with Crippen molar-refractivity contribution in [1.82, 2.24) is 10.6 Å². The second-order valence-electron chi connectivity index (χ2n) is 3.81. The lowest BCUT2D eigenvalue weighted by molar-refractivity contribution is 0.172. The van der Waals surface area contributed by atoms with E-state index in [1.807, 2.05) is 6.92 Å². The molecule has 0 aliphatic carbocycles. The molecule has 0 aromatic heterocycles. The van der Waals surface area contributed by atoms with Gasteiger partial charge in [-0.15, -0.1) is 0 Å². The first-order chi connectivity index (χ1) is 4.36. The predicted octanol–water partition coefficient (Wildman–Crippen LogP) is 1.39. The van der Waals surface area contributed by atoms with Crippen LogP contribution >= 0.6 is 0 Å². The average Bonchev–Trinajstić information content (AvgIpc) is 1.60. The summed E-state index contributed by atoms with van der Waals surface area (Å²) in [6.07, 6.45) is 0.931. The lowest BCUT2D eigenvalue weighted by Gasteiger charge is -2.33. The van der Waals surface area contributed by atoms with Gasteiger partial charge in [0.2, 0.25) is 0 Å². The van der Waals surface area contributed by atoms with Gasteiger partial charge in [-0.25, -0.2) is 0 Å².